The van der Waals surface area contributed by atoms with Crippen LogP contribution in [0.3, 0.4) is 0 Å². The number of carbonyl (C=O) groups excluding carboxylic acids is 1. The second-order valence-corrected chi connectivity index (χ2v) is 6.37. The topological polar surface area (TPSA) is 50.4 Å². The van der Waals surface area contributed by atoms with E-state index in [9.17, 15) is 4.79 Å². The van der Waals surface area contributed by atoms with Crippen molar-refractivity contribution in [3.63, 3.8) is 0 Å². The van der Waals surface area contributed by atoms with Crippen LogP contribution >= 0.6 is 15.9 Å². The van der Waals surface area contributed by atoms with Crippen LogP contribution in [0.25, 0.3) is 0 Å². The lowest BCUT2D eigenvalue weighted by molar-refractivity contribution is 0.0949. The number of methoxy groups -OCH3 is 1. The largest absolute Gasteiger partial charge is 0.496 e. The molecule has 2 N–H and O–H groups in total. The molecular weight excluding hydrogens is 356 g/mol. The molecule has 1 amide bonds. The molecule has 1 aliphatic rings. The van der Waals surface area contributed by atoms with Crippen LogP contribution < -0.4 is 15.4 Å². The van der Waals surface area contributed by atoms with Crippen LogP contribution in [-0.2, 0) is 6.42 Å². The molecule has 0 saturated heterocycles. The third-order valence-corrected chi connectivity index (χ3v) is 4.72. The summed E-state index contributed by atoms with van der Waals surface area (Å²) in [5, 5.41) is 6.48. The van der Waals surface area contributed by atoms with E-state index in [1.54, 1.807) is 25.3 Å². The minimum absolute atomic E-state index is 0.0850. The Bertz CT molecular complexity index is 718. The van der Waals surface area contributed by atoms with Gasteiger partial charge in [0.05, 0.1) is 11.6 Å². The number of hydrogen-bond acceptors (Lipinski definition) is 3. The summed E-state index contributed by atoms with van der Waals surface area (Å²) in [7, 11) is 1.60. The second-order valence-electron chi connectivity index (χ2n) is 5.51. The molecule has 0 aromatic heterocycles. The van der Waals surface area contributed by atoms with Crippen LogP contribution in [0.4, 0.5) is 0 Å². The highest BCUT2D eigenvalue weighted by molar-refractivity contribution is 9.10. The molecule has 120 valence electrons. The average Bonchev–Trinajstić information content (AvgIpc) is 2.59. The van der Waals surface area contributed by atoms with Gasteiger partial charge in [0.15, 0.2) is 0 Å². The summed E-state index contributed by atoms with van der Waals surface area (Å²) in [6.07, 6.45) is 1.03. The van der Waals surface area contributed by atoms with Gasteiger partial charge < -0.3 is 15.4 Å². The maximum atomic E-state index is 12.4. The molecule has 0 spiro atoms. The van der Waals surface area contributed by atoms with Crippen LogP contribution in [0, 0.1) is 0 Å². The molecule has 2 aromatic rings. The van der Waals surface area contributed by atoms with Crippen LogP contribution in [0.15, 0.2) is 46.9 Å². The van der Waals surface area contributed by atoms with Gasteiger partial charge in [0.1, 0.15) is 5.75 Å². The molecule has 23 heavy (non-hydrogen) atoms. The van der Waals surface area contributed by atoms with Crippen molar-refractivity contribution in [3.05, 3.63) is 63.6 Å². The Balaban J connectivity index is 1.67. The quantitative estimate of drug-likeness (QED) is 0.864. The first-order valence-electron chi connectivity index (χ1n) is 7.62. The number of ether oxygens (including phenoxy) is 1. The van der Waals surface area contributed by atoms with Gasteiger partial charge in [-0.1, -0.05) is 24.3 Å². The zero-order valence-corrected chi connectivity index (χ0v) is 14.5. The molecule has 0 radical (unpaired) electrons. The minimum atomic E-state index is -0.0850. The lowest BCUT2D eigenvalue weighted by atomic mass is 9.94. The van der Waals surface area contributed by atoms with Gasteiger partial charge in [0.2, 0.25) is 0 Å². The number of amides is 1. The monoisotopic (exact) mass is 374 g/mol. The number of fused-ring (bicyclic) bond motifs is 1. The average molecular weight is 375 g/mol. The fourth-order valence-electron chi connectivity index (χ4n) is 2.88. The predicted octanol–water partition coefficient (Wildman–Crippen LogP) is 3.07. The van der Waals surface area contributed by atoms with Crippen molar-refractivity contribution < 1.29 is 9.53 Å². The van der Waals surface area contributed by atoms with Crippen molar-refractivity contribution in [1.29, 1.82) is 0 Å². The molecule has 0 bridgehead atoms. The lowest BCUT2D eigenvalue weighted by Gasteiger charge is -2.27. The molecule has 1 heterocycles. The van der Waals surface area contributed by atoms with E-state index in [0.717, 1.165) is 17.4 Å². The maximum absolute atomic E-state index is 12.4. The highest BCUT2D eigenvalue weighted by Crippen LogP contribution is 2.26. The van der Waals surface area contributed by atoms with Gasteiger partial charge >= 0.3 is 0 Å². The van der Waals surface area contributed by atoms with Crippen molar-refractivity contribution in [3.8, 4) is 5.75 Å². The first kappa shape index (κ1) is 16.0. The van der Waals surface area contributed by atoms with Crippen LogP contribution in [0.5, 0.6) is 5.75 Å². The first-order valence-corrected chi connectivity index (χ1v) is 8.41. The van der Waals surface area contributed by atoms with Crippen molar-refractivity contribution in [2.75, 3.05) is 20.2 Å². The van der Waals surface area contributed by atoms with E-state index in [4.69, 9.17) is 4.74 Å². The smallest absolute Gasteiger partial charge is 0.251 e. The Morgan fingerprint density at radius 1 is 1.35 bits per heavy atom. The van der Waals surface area contributed by atoms with Gasteiger partial charge in [0.25, 0.3) is 5.91 Å². The standard InChI is InChI=1S/C18H19BrN2O2/c1-23-17-7-6-13(10-15(17)19)18(22)21-11-16-14-5-3-2-4-12(14)8-9-20-16/h2-7,10,16,20H,8-9,11H2,1H3,(H,21,22). The van der Waals surface area contributed by atoms with E-state index in [2.05, 4.69) is 44.8 Å². The molecule has 1 unspecified atom stereocenters. The molecule has 4 nitrogen and oxygen atoms in total. The molecule has 1 atom stereocenters. The molecule has 3 rings (SSSR count). The molecule has 2 aromatic carbocycles. The summed E-state index contributed by atoms with van der Waals surface area (Å²) in [6.45, 7) is 1.51. The van der Waals surface area contributed by atoms with Gasteiger partial charge in [-0.25, -0.2) is 0 Å². The summed E-state index contributed by atoms with van der Waals surface area (Å²) >= 11 is 3.41. The number of hydrogen-bond donors (Lipinski definition) is 2. The Morgan fingerprint density at radius 2 is 2.17 bits per heavy atom. The Labute approximate surface area is 144 Å². The van der Waals surface area contributed by atoms with Gasteiger partial charge in [-0.3, -0.25) is 4.79 Å². The summed E-state index contributed by atoms with van der Waals surface area (Å²) in [5.74, 6) is 0.627. The Morgan fingerprint density at radius 3 is 2.96 bits per heavy atom. The lowest BCUT2D eigenvalue weighted by Crippen LogP contribution is -2.38. The van der Waals surface area contributed by atoms with Crippen LogP contribution in [-0.4, -0.2) is 26.1 Å². The van der Waals surface area contributed by atoms with Crippen molar-refractivity contribution in [1.82, 2.24) is 10.6 Å². The van der Waals surface area contributed by atoms with Crippen LogP contribution in [0.2, 0.25) is 0 Å². The highest BCUT2D eigenvalue weighted by atomic mass is 79.9. The maximum Gasteiger partial charge on any atom is 0.251 e. The Kier molecular flexibility index (Phi) is 4.98. The summed E-state index contributed by atoms with van der Waals surface area (Å²) < 4.78 is 5.96. The van der Waals surface area contributed by atoms with E-state index in [1.807, 2.05) is 6.07 Å². The first-order chi connectivity index (χ1) is 11.2. The van der Waals surface area contributed by atoms with Gasteiger partial charge in [-0.05, 0) is 58.2 Å². The normalized spacial score (nSPS) is 16.5. The number of nitrogens with one attached hydrogen (secondary N) is 2. The third kappa shape index (κ3) is 3.57. The predicted molar refractivity (Wildman–Crippen MR) is 93.9 cm³/mol. The highest BCUT2D eigenvalue weighted by Gasteiger charge is 2.20. The van der Waals surface area contributed by atoms with E-state index >= 15 is 0 Å². The van der Waals surface area contributed by atoms with E-state index in [-0.39, 0.29) is 11.9 Å². The number of benzene rings is 2. The van der Waals surface area contributed by atoms with Crippen LogP contribution in [0.1, 0.15) is 27.5 Å². The Hall–Kier alpha value is -1.85. The zero-order valence-electron chi connectivity index (χ0n) is 12.9. The summed E-state index contributed by atoms with van der Waals surface area (Å²) in [5.41, 5.74) is 3.24. The van der Waals surface area contributed by atoms with Crippen molar-refractivity contribution in [2.24, 2.45) is 0 Å². The van der Waals surface area contributed by atoms with Crippen molar-refractivity contribution >= 4 is 21.8 Å². The minimum Gasteiger partial charge on any atom is -0.496 e. The zero-order chi connectivity index (χ0) is 16.2. The second kappa shape index (κ2) is 7.15. The van der Waals surface area contributed by atoms with Gasteiger partial charge in [-0.15, -0.1) is 0 Å². The summed E-state index contributed by atoms with van der Waals surface area (Å²) in [6, 6.07) is 13.9. The van der Waals surface area contributed by atoms with Gasteiger partial charge in [-0.2, -0.15) is 0 Å². The van der Waals surface area contributed by atoms with Gasteiger partial charge in [0, 0.05) is 18.2 Å². The molecule has 0 aliphatic carbocycles. The molecule has 5 heteroatoms. The molecule has 0 saturated carbocycles. The van der Waals surface area contributed by atoms with Crippen molar-refractivity contribution in [2.45, 2.75) is 12.5 Å². The SMILES string of the molecule is COc1ccc(C(=O)NCC2NCCc3ccccc32)cc1Br. The number of carbonyl (C=O) groups is 1. The molecule has 1 aliphatic heterocycles. The van der Waals surface area contributed by atoms with E-state index in [1.165, 1.54) is 11.1 Å². The molecular formula is C18H19BrN2O2. The third-order valence-electron chi connectivity index (χ3n) is 4.10. The fraction of sp³-hybridized carbons (Fsp3) is 0.278. The number of halogens is 1. The summed E-state index contributed by atoms with van der Waals surface area (Å²) in [4.78, 5) is 12.4. The van der Waals surface area contributed by atoms with E-state index < -0.39 is 0 Å². The fourth-order valence-corrected chi connectivity index (χ4v) is 3.42. The molecule has 0 fully saturated rings. The van der Waals surface area contributed by atoms with E-state index in [0.29, 0.717) is 17.9 Å². The number of rotatable bonds is 4.